The van der Waals surface area contributed by atoms with Gasteiger partial charge in [-0.15, -0.1) is 0 Å². The Morgan fingerprint density at radius 2 is 2.00 bits per heavy atom. The molecule has 0 saturated carbocycles. The Kier molecular flexibility index (Phi) is 4.43. The van der Waals surface area contributed by atoms with E-state index < -0.39 is 5.97 Å². The Balaban J connectivity index is 3.51. The second kappa shape index (κ2) is 5.63. The molecular weight excluding hydrogens is 228 g/mol. The summed E-state index contributed by atoms with van der Waals surface area (Å²) >= 11 is 0. The van der Waals surface area contributed by atoms with Crippen LogP contribution in [-0.4, -0.2) is 16.1 Å². The largest absolute Gasteiger partial charge is 0.481 e. The summed E-state index contributed by atoms with van der Waals surface area (Å²) in [6.45, 7) is 7.90. The normalized spacial score (nSPS) is 10.7. The van der Waals surface area contributed by atoms with Gasteiger partial charge in [0, 0.05) is 5.69 Å². The lowest BCUT2D eigenvalue weighted by Crippen LogP contribution is -2.12. The summed E-state index contributed by atoms with van der Waals surface area (Å²) in [5.74, 6) is -0.595. The van der Waals surface area contributed by atoms with Gasteiger partial charge in [0.25, 0.3) is 0 Å². The topological polar surface area (TPSA) is 74.0 Å². The predicted molar refractivity (Wildman–Crippen MR) is 68.5 cm³/mol. The van der Waals surface area contributed by atoms with Crippen LogP contribution in [0.4, 0.5) is 0 Å². The lowest BCUT2D eigenvalue weighted by molar-refractivity contribution is -0.136. The van der Waals surface area contributed by atoms with E-state index in [-0.39, 0.29) is 18.3 Å². The number of nitriles is 1. The van der Waals surface area contributed by atoms with Gasteiger partial charge in [-0.25, -0.2) is 4.98 Å². The lowest BCUT2D eigenvalue weighted by atomic mass is 9.90. The second-order valence-electron chi connectivity index (χ2n) is 4.95. The summed E-state index contributed by atoms with van der Waals surface area (Å²) in [7, 11) is 0. The van der Waals surface area contributed by atoms with Crippen LogP contribution in [-0.2, 0) is 11.2 Å². The van der Waals surface area contributed by atoms with Crippen molar-refractivity contribution in [2.24, 2.45) is 0 Å². The number of carbonyl (C=O) groups is 1. The fraction of sp³-hybridized carbons (Fsp3) is 0.500. The van der Waals surface area contributed by atoms with Crippen LogP contribution < -0.4 is 0 Å². The van der Waals surface area contributed by atoms with Crippen LogP contribution in [0.3, 0.4) is 0 Å². The first-order valence-electron chi connectivity index (χ1n) is 6.02. The molecule has 4 heteroatoms. The molecule has 1 heterocycles. The molecule has 1 aromatic heterocycles. The van der Waals surface area contributed by atoms with Crippen LogP contribution in [0.25, 0.3) is 0 Å². The van der Waals surface area contributed by atoms with E-state index in [2.05, 4.69) is 4.98 Å². The third-order valence-corrected chi connectivity index (χ3v) is 2.80. The molecule has 0 radical (unpaired) electrons. The Morgan fingerprint density at radius 3 is 2.39 bits per heavy atom. The summed E-state index contributed by atoms with van der Waals surface area (Å²) in [6, 6.07) is 3.74. The molecule has 1 rings (SSSR count). The first-order chi connectivity index (χ1) is 8.36. The zero-order valence-corrected chi connectivity index (χ0v) is 11.2. The third kappa shape index (κ3) is 3.07. The molecule has 1 aromatic rings. The van der Waals surface area contributed by atoms with Gasteiger partial charge in [0.05, 0.1) is 6.42 Å². The summed E-state index contributed by atoms with van der Waals surface area (Å²) in [6.07, 6.45) is -0.0419. The number of aliphatic carboxylic acids is 1. The van der Waals surface area contributed by atoms with Crippen molar-refractivity contribution in [3.8, 4) is 6.07 Å². The summed E-state index contributed by atoms with van der Waals surface area (Å²) < 4.78 is 0. The van der Waals surface area contributed by atoms with E-state index in [1.54, 1.807) is 6.07 Å². The molecule has 0 aliphatic heterocycles. The van der Waals surface area contributed by atoms with Crippen LogP contribution in [0.2, 0.25) is 0 Å². The van der Waals surface area contributed by atoms with Crippen molar-refractivity contribution in [2.75, 3.05) is 0 Å². The molecule has 0 atom stereocenters. The number of nitrogens with zero attached hydrogens (tertiary/aromatic N) is 2. The SMILES string of the molecule is CC(C)c1cc(C#N)nc(C(C)C)c1CC(=O)O. The molecule has 0 bridgehead atoms. The van der Waals surface area contributed by atoms with Gasteiger partial charge in [-0.1, -0.05) is 27.7 Å². The van der Waals surface area contributed by atoms with Crippen molar-refractivity contribution < 1.29 is 9.90 Å². The number of carboxylic acids is 1. The van der Waals surface area contributed by atoms with Crippen molar-refractivity contribution in [3.05, 3.63) is 28.6 Å². The molecule has 0 aliphatic carbocycles. The highest BCUT2D eigenvalue weighted by atomic mass is 16.4. The van der Waals surface area contributed by atoms with Gasteiger partial charge in [-0.05, 0) is 29.0 Å². The molecule has 0 saturated heterocycles. The monoisotopic (exact) mass is 246 g/mol. The van der Waals surface area contributed by atoms with Crippen LogP contribution in [0.1, 0.15) is 62.0 Å². The van der Waals surface area contributed by atoms with Crippen molar-refractivity contribution in [3.63, 3.8) is 0 Å². The Hall–Kier alpha value is -1.89. The molecule has 1 N–H and O–H groups in total. The van der Waals surface area contributed by atoms with Gasteiger partial charge < -0.3 is 5.11 Å². The highest BCUT2D eigenvalue weighted by Gasteiger charge is 2.19. The molecule has 4 nitrogen and oxygen atoms in total. The van der Waals surface area contributed by atoms with Crippen LogP contribution in [0.5, 0.6) is 0 Å². The van der Waals surface area contributed by atoms with Gasteiger partial charge in [0.1, 0.15) is 11.8 Å². The number of hydrogen-bond donors (Lipinski definition) is 1. The first-order valence-corrected chi connectivity index (χ1v) is 6.02. The van der Waals surface area contributed by atoms with Gasteiger partial charge >= 0.3 is 5.97 Å². The molecule has 0 aromatic carbocycles. The quantitative estimate of drug-likeness (QED) is 0.886. The maximum atomic E-state index is 11.0. The Morgan fingerprint density at radius 1 is 1.39 bits per heavy atom. The maximum Gasteiger partial charge on any atom is 0.307 e. The molecule has 0 unspecified atom stereocenters. The van der Waals surface area contributed by atoms with Gasteiger partial charge in [-0.3, -0.25) is 4.79 Å². The number of carboxylic acid groups (broad SMARTS) is 1. The van der Waals surface area contributed by atoms with Gasteiger partial charge in [-0.2, -0.15) is 5.26 Å². The molecule has 96 valence electrons. The predicted octanol–water partition coefficient (Wildman–Crippen LogP) is 2.83. The average molecular weight is 246 g/mol. The average Bonchev–Trinajstić information content (AvgIpc) is 2.27. The minimum atomic E-state index is -0.870. The van der Waals surface area contributed by atoms with Gasteiger partial charge in [0.15, 0.2) is 0 Å². The number of hydrogen-bond acceptors (Lipinski definition) is 3. The zero-order chi connectivity index (χ0) is 13.9. The first kappa shape index (κ1) is 14.2. The van der Waals surface area contributed by atoms with Crippen LogP contribution >= 0.6 is 0 Å². The zero-order valence-electron chi connectivity index (χ0n) is 11.2. The van der Waals surface area contributed by atoms with E-state index in [1.807, 2.05) is 33.8 Å². The standard InChI is InChI=1S/C14H18N2O2/c1-8(2)11-5-10(7-15)16-14(9(3)4)12(11)6-13(17)18/h5,8-9H,6H2,1-4H3,(H,17,18). The van der Waals surface area contributed by atoms with Crippen molar-refractivity contribution >= 4 is 5.97 Å². The Labute approximate surface area is 107 Å². The molecule has 18 heavy (non-hydrogen) atoms. The molecular formula is C14H18N2O2. The fourth-order valence-corrected chi connectivity index (χ4v) is 2.01. The smallest absolute Gasteiger partial charge is 0.307 e. The van der Waals surface area contributed by atoms with Crippen LogP contribution in [0, 0.1) is 11.3 Å². The molecule has 0 amide bonds. The van der Waals surface area contributed by atoms with E-state index >= 15 is 0 Å². The molecule has 0 fully saturated rings. The van der Waals surface area contributed by atoms with Crippen molar-refractivity contribution in [1.29, 1.82) is 5.26 Å². The van der Waals surface area contributed by atoms with E-state index in [0.29, 0.717) is 5.69 Å². The van der Waals surface area contributed by atoms with Crippen molar-refractivity contribution in [2.45, 2.75) is 46.0 Å². The maximum absolute atomic E-state index is 11.0. The summed E-state index contributed by atoms with van der Waals surface area (Å²) in [5, 5.41) is 18.0. The fourth-order valence-electron chi connectivity index (χ4n) is 2.01. The third-order valence-electron chi connectivity index (χ3n) is 2.80. The summed E-state index contributed by atoms with van der Waals surface area (Å²) in [5.41, 5.74) is 2.75. The van der Waals surface area contributed by atoms with E-state index in [4.69, 9.17) is 10.4 Å². The van der Waals surface area contributed by atoms with E-state index in [0.717, 1.165) is 16.8 Å². The second-order valence-corrected chi connectivity index (χ2v) is 4.95. The highest BCUT2D eigenvalue weighted by molar-refractivity contribution is 5.71. The van der Waals surface area contributed by atoms with Crippen LogP contribution in [0.15, 0.2) is 6.07 Å². The van der Waals surface area contributed by atoms with Gasteiger partial charge in [0.2, 0.25) is 0 Å². The minimum absolute atomic E-state index is 0.0419. The van der Waals surface area contributed by atoms with E-state index in [1.165, 1.54) is 0 Å². The lowest BCUT2D eigenvalue weighted by Gasteiger charge is -2.18. The molecule has 0 aliphatic rings. The van der Waals surface area contributed by atoms with E-state index in [9.17, 15) is 4.79 Å². The minimum Gasteiger partial charge on any atom is -0.481 e. The molecule has 0 spiro atoms. The number of aromatic nitrogens is 1. The van der Waals surface area contributed by atoms with Crippen molar-refractivity contribution in [1.82, 2.24) is 4.98 Å². The Bertz CT molecular complexity index is 470. The number of pyridine rings is 1. The highest BCUT2D eigenvalue weighted by Crippen LogP contribution is 2.27. The summed E-state index contributed by atoms with van der Waals surface area (Å²) in [4.78, 5) is 15.2. The number of rotatable bonds is 4.